The van der Waals surface area contributed by atoms with Crippen LogP contribution in [0.4, 0.5) is 0 Å². The van der Waals surface area contributed by atoms with Gasteiger partial charge in [-0.15, -0.1) is 0 Å². The minimum atomic E-state index is -0.822. The zero-order valence-corrected chi connectivity index (χ0v) is 37.3. The van der Waals surface area contributed by atoms with Gasteiger partial charge in [-0.1, -0.05) is 30.3 Å². The van der Waals surface area contributed by atoms with Crippen molar-refractivity contribution in [2.75, 3.05) is 0 Å². The second-order valence-corrected chi connectivity index (χ2v) is 23.6. The second kappa shape index (κ2) is 14.4. The molecule has 0 spiro atoms. The van der Waals surface area contributed by atoms with E-state index in [1.165, 1.54) is 0 Å². The van der Waals surface area contributed by atoms with E-state index in [1.807, 2.05) is 18.2 Å². The molecule has 5 rings (SSSR count). The third kappa shape index (κ3) is 10.7. The predicted octanol–water partition coefficient (Wildman–Crippen LogP) is 7.74. The predicted molar refractivity (Wildman–Crippen MR) is 225 cm³/mol. The molecule has 1 aromatic carbocycles. The Morgan fingerprint density at radius 2 is 0.685 bits per heavy atom. The second-order valence-electron chi connectivity index (χ2n) is 23.6. The highest BCUT2D eigenvalue weighted by molar-refractivity contribution is 6.01. The molecule has 0 bridgehead atoms. The lowest BCUT2D eigenvalue weighted by atomic mass is 9.74. The van der Waals surface area contributed by atoms with Crippen LogP contribution >= 0.6 is 0 Å². The fourth-order valence-electron chi connectivity index (χ4n) is 12.7. The van der Waals surface area contributed by atoms with Crippen LogP contribution in [0.25, 0.3) is 0 Å². The minimum absolute atomic E-state index is 0.00599. The molecule has 4 aliphatic rings. The third-order valence-corrected chi connectivity index (χ3v) is 12.6. The van der Waals surface area contributed by atoms with Crippen LogP contribution in [0.3, 0.4) is 0 Å². The molecular weight excluding hydrogens is 669 g/mol. The number of hydrogen-bond acceptors (Lipinski definition) is 6. The van der Waals surface area contributed by atoms with E-state index in [-0.39, 0.29) is 80.3 Å². The first-order valence-electron chi connectivity index (χ1n) is 21.2. The molecule has 4 N–H and O–H groups in total. The number of nitrogens with zero attached hydrogens (tertiary/aromatic N) is 2. The number of carbonyl (C=O) groups is 2. The molecule has 4 saturated heterocycles. The summed E-state index contributed by atoms with van der Waals surface area (Å²) in [6.07, 6.45) is 7.15. The SMILES string of the molecule is CC1(C)CC(N(C(=O)C(Cc2ccccc2)C(=O)N(C2CC(C)(C)NC(C)(C)C2)C2CC(C)(C)NC(C)(C)C2)C2CC(C)(C)NC(C)(C)C2)CC(C)(C)N1. The zero-order chi connectivity index (χ0) is 40.5. The van der Waals surface area contributed by atoms with Gasteiger partial charge in [0, 0.05) is 68.5 Å². The molecule has 0 aliphatic carbocycles. The lowest BCUT2D eigenvalue weighted by Crippen LogP contribution is -2.70. The number of rotatable bonds is 8. The molecule has 54 heavy (non-hydrogen) atoms. The third-order valence-electron chi connectivity index (χ3n) is 12.6. The largest absolute Gasteiger partial charge is 0.336 e. The summed E-state index contributed by atoms with van der Waals surface area (Å²) >= 11 is 0. The summed E-state index contributed by atoms with van der Waals surface area (Å²) in [5.41, 5.74) is -0.243. The first-order valence-corrected chi connectivity index (χ1v) is 21.2. The summed E-state index contributed by atoms with van der Waals surface area (Å²) in [7, 11) is 0. The molecule has 2 amide bonds. The van der Waals surface area contributed by atoms with Gasteiger partial charge >= 0.3 is 0 Å². The molecular formula is C46H80N6O2. The van der Waals surface area contributed by atoms with E-state index in [0.717, 1.165) is 56.9 Å². The number of amides is 2. The summed E-state index contributed by atoms with van der Waals surface area (Å²) < 4.78 is 0. The molecule has 8 nitrogen and oxygen atoms in total. The lowest BCUT2D eigenvalue weighted by molar-refractivity contribution is -0.157. The Balaban J connectivity index is 1.68. The minimum Gasteiger partial charge on any atom is -0.336 e. The van der Waals surface area contributed by atoms with E-state index in [1.54, 1.807) is 0 Å². The molecule has 0 atom stereocenters. The van der Waals surface area contributed by atoms with Gasteiger partial charge in [0.1, 0.15) is 5.92 Å². The highest BCUT2D eigenvalue weighted by Gasteiger charge is 2.53. The van der Waals surface area contributed by atoms with Gasteiger partial charge in [-0.2, -0.15) is 0 Å². The molecule has 0 saturated carbocycles. The molecule has 4 aliphatic heterocycles. The number of carbonyl (C=O) groups excluding carboxylic acids is 2. The molecule has 4 heterocycles. The zero-order valence-electron chi connectivity index (χ0n) is 37.3. The standard InChI is InChI=1S/C46H80N6O2/c1-39(2)23-32(24-40(3,4)47-39)51(33-25-41(5,6)48-42(7,8)26-33)37(53)36(22-31-20-18-17-19-21-31)38(54)52(34-27-43(9,10)49-44(11,12)28-34)35-29-45(13,14)50-46(15,16)30-35/h17-21,32-36,47-50H,22-30H2,1-16H3. The van der Waals surface area contributed by atoms with E-state index in [4.69, 9.17) is 0 Å². The van der Waals surface area contributed by atoms with Crippen molar-refractivity contribution in [1.29, 1.82) is 0 Å². The van der Waals surface area contributed by atoms with Crippen molar-refractivity contribution in [3.8, 4) is 0 Å². The first-order chi connectivity index (χ1) is 24.4. The van der Waals surface area contributed by atoms with Gasteiger partial charge < -0.3 is 31.1 Å². The van der Waals surface area contributed by atoms with Crippen LogP contribution in [-0.4, -0.2) is 90.1 Å². The summed E-state index contributed by atoms with van der Waals surface area (Å²) in [6, 6.07) is 10.3. The maximum absolute atomic E-state index is 16.1. The Morgan fingerprint density at radius 3 is 0.907 bits per heavy atom. The first kappa shape index (κ1) is 43.1. The van der Waals surface area contributed by atoms with Crippen molar-refractivity contribution in [1.82, 2.24) is 31.1 Å². The quantitative estimate of drug-likeness (QED) is 0.204. The average molecular weight is 749 g/mol. The number of hydrogen-bond donors (Lipinski definition) is 4. The van der Waals surface area contributed by atoms with Crippen molar-refractivity contribution in [3.05, 3.63) is 35.9 Å². The molecule has 0 unspecified atom stereocenters. The van der Waals surface area contributed by atoms with Crippen LogP contribution in [-0.2, 0) is 16.0 Å². The van der Waals surface area contributed by atoms with Crippen molar-refractivity contribution < 1.29 is 9.59 Å². The van der Waals surface area contributed by atoms with E-state index >= 15 is 9.59 Å². The van der Waals surface area contributed by atoms with Gasteiger partial charge in [0.2, 0.25) is 11.8 Å². The smallest absolute Gasteiger partial charge is 0.235 e. The van der Waals surface area contributed by atoms with Gasteiger partial charge in [-0.05, 0) is 174 Å². The molecule has 8 heteroatoms. The summed E-state index contributed by atoms with van der Waals surface area (Å²) in [5, 5.41) is 15.5. The van der Waals surface area contributed by atoms with Crippen molar-refractivity contribution in [2.24, 2.45) is 5.92 Å². The Bertz CT molecular complexity index is 1280. The Labute approximate surface area is 330 Å². The van der Waals surface area contributed by atoms with Crippen LogP contribution < -0.4 is 21.3 Å². The molecule has 0 aromatic heterocycles. The van der Waals surface area contributed by atoms with E-state index in [9.17, 15) is 0 Å². The number of benzene rings is 1. The van der Waals surface area contributed by atoms with Gasteiger partial charge in [0.05, 0.1) is 0 Å². The van der Waals surface area contributed by atoms with Gasteiger partial charge in [-0.25, -0.2) is 0 Å². The average Bonchev–Trinajstić information content (AvgIpc) is 2.90. The Kier molecular flexibility index (Phi) is 11.5. The van der Waals surface area contributed by atoms with E-state index in [0.29, 0.717) is 6.42 Å². The number of piperidine rings is 4. The maximum atomic E-state index is 16.1. The van der Waals surface area contributed by atoms with E-state index < -0.39 is 5.92 Å². The van der Waals surface area contributed by atoms with Crippen LogP contribution in [0.1, 0.15) is 168 Å². The fourth-order valence-corrected chi connectivity index (χ4v) is 12.7. The Hall–Kier alpha value is -2.00. The fraction of sp³-hybridized carbons (Fsp3) is 0.826. The summed E-state index contributed by atoms with van der Waals surface area (Å²) in [4.78, 5) is 36.8. The normalized spacial score (nSPS) is 27.6. The molecule has 306 valence electrons. The van der Waals surface area contributed by atoms with Gasteiger partial charge in [0.15, 0.2) is 0 Å². The topological polar surface area (TPSA) is 88.7 Å². The van der Waals surface area contributed by atoms with Crippen LogP contribution in [0.2, 0.25) is 0 Å². The summed E-state index contributed by atoms with van der Waals surface area (Å²) in [5.74, 6) is -0.784. The van der Waals surface area contributed by atoms with Gasteiger partial charge in [-0.3, -0.25) is 9.59 Å². The van der Waals surface area contributed by atoms with Crippen molar-refractivity contribution in [3.63, 3.8) is 0 Å². The monoisotopic (exact) mass is 749 g/mol. The van der Waals surface area contributed by atoms with Crippen LogP contribution in [0.15, 0.2) is 30.3 Å². The highest BCUT2D eigenvalue weighted by atomic mass is 16.2. The molecule has 1 aromatic rings. The van der Waals surface area contributed by atoms with E-state index in [2.05, 4.69) is 154 Å². The summed E-state index contributed by atoms with van der Waals surface area (Å²) in [6.45, 7) is 36.4. The number of nitrogens with one attached hydrogen (secondary N) is 4. The Morgan fingerprint density at radius 1 is 0.463 bits per heavy atom. The van der Waals surface area contributed by atoms with Crippen LogP contribution in [0, 0.1) is 5.92 Å². The van der Waals surface area contributed by atoms with Crippen LogP contribution in [0.5, 0.6) is 0 Å². The lowest BCUT2D eigenvalue weighted by Gasteiger charge is -2.57. The maximum Gasteiger partial charge on any atom is 0.235 e. The van der Waals surface area contributed by atoms with Gasteiger partial charge in [0.25, 0.3) is 0 Å². The van der Waals surface area contributed by atoms with Crippen molar-refractivity contribution >= 4 is 11.8 Å². The highest BCUT2D eigenvalue weighted by Crippen LogP contribution is 2.42. The molecule has 0 radical (unpaired) electrons. The van der Waals surface area contributed by atoms with Crippen molar-refractivity contribution in [2.45, 2.75) is 237 Å². The molecule has 4 fully saturated rings.